The molecule has 0 bridgehead atoms. The molecule has 1 amide bonds. The summed E-state index contributed by atoms with van der Waals surface area (Å²) in [6, 6.07) is 9.94. The molecule has 1 rings (SSSR count). The van der Waals surface area contributed by atoms with Crippen molar-refractivity contribution in [2.24, 2.45) is 0 Å². The molecule has 0 N–H and O–H groups in total. The van der Waals surface area contributed by atoms with Crippen LogP contribution in [0.25, 0.3) is 0 Å². The number of carbonyl (C=O) groups excluding carboxylic acids is 1. The lowest BCUT2D eigenvalue weighted by Crippen LogP contribution is -2.31. The van der Waals surface area contributed by atoms with E-state index in [0.717, 1.165) is 5.56 Å². The van der Waals surface area contributed by atoms with E-state index in [9.17, 15) is 4.79 Å². The summed E-state index contributed by atoms with van der Waals surface area (Å²) in [4.78, 5) is 13.2. The number of benzene rings is 1. The minimum atomic E-state index is -0.150. The monoisotopic (exact) mass is 255 g/mol. The SMILES string of the molecule is Cc1ccc(CCC(=O)N(CC#N)CC#N)c(C)c1. The smallest absolute Gasteiger partial charge is 0.224 e. The van der Waals surface area contributed by atoms with Crippen LogP contribution in [-0.4, -0.2) is 23.9 Å². The molecule has 0 aliphatic heterocycles. The van der Waals surface area contributed by atoms with Gasteiger partial charge < -0.3 is 4.90 Å². The van der Waals surface area contributed by atoms with Gasteiger partial charge in [-0.15, -0.1) is 0 Å². The molecule has 4 nitrogen and oxygen atoms in total. The van der Waals surface area contributed by atoms with E-state index in [-0.39, 0.29) is 19.0 Å². The number of nitriles is 2. The van der Waals surface area contributed by atoms with Gasteiger partial charge in [0, 0.05) is 6.42 Å². The fourth-order valence-corrected chi connectivity index (χ4v) is 1.93. The number of rotatable bonds is 5. The van der Waals surface area contributed by atoms with Gasteiger partial charge in [0.25, 0.3) is 0 Å². The maximum atomic E-state index is 11.9. The van der Waals surface area contributed by atoms with Gasteiger partial charge in [0.2, 0.25) is 5.91 Å². The number of aryl methyl sites for hydroxylation is 3. The van der Waals surface area contributed by atoms with Crippen molar-refractivity contribution in [1.29, 1.82) is 10.5 Å². The van der Waals surface area contributed by atoms with E-state index in [2.05, 4.69) is 6.07 Å². The largest absolute Gasteiger partial charge is 0.316 e. The first-order chi connectivity index (χ1) is 9.08. The van der Waals surface area contributed by atoms with Crippen LogP contribution in [0.15, 0.2) is 18.2 Å². The molecular formula is C15H17N3O. The van der Waals surface area contributed by atoms with Crippen molar-refractivity contribution in [3.63, 3.8) is 0 Å². The number of carbonyl (C=O) groups is 1. The Labute approximate surface area is 113 Å². The predicted octanol–water partition coefficient (Wildman–Crippen LogP) is 2.11. The lowest BCUT2D eigenvalue weighted by atomic mass is 10.0. The van der Waals surface area contributed by atoms with E-state index < -0.39 is 0 Å². The van der Waals surface area contributed by atoms with E-state index in [4.69, 9.17) is 10.5 Å². The average Bonchev–Trinajstić information content (AvgIpc) is 2.37. The van der Waals surface area contributed by atoms with E-state index in [1.54, 1.807) is 0 Å². The molecule has 0 aliphatic rings. The zero-order valence-electron chi connectivity index (χ0n) is 11.3. The third-order valence-corrected chi connectivity index (χ3v) is 2.98. The van der Waals surface area contributed by atoms with Crippen LogP contribution in [0.3, 0.4) is 0 Å². The molecule has 0 heterocycles. The van der Waals surface area contributed by atoms with Crippen LogP contribution in [0, 0.1) is 36.5 Å². The van der Waals surface area contributed by atoms with E-state index in [1.807, 2.05) is 38.1 Å². The molecular weight excluding hydrogens is 238 g/mol. The summed E-state index contributed by atoms with van der Waals surface area (Å²) in [5.74, 6) is -0.150. The fraction of sp³-hybridized carbons (Fsp3) is 0.400. The highest BCUT2D eigenvalue weighted by Crippen LogP contribution is 2.13. The minimum Gasteiger partial charge on any atom is -0.316 e. The Bertz CT molecular complexity index is 521. The Balaban J connectivity index is 2.63. The molecule has 0 saturated heterocycles. The van der Waals surface area contributed by atoms with Crippen molar-refractivity contribution in [3.05, 3.63) is 34.9 Å². The minimum absolute atomic E-state index is 0.0285. The van der Waals surface area contributed by atoms with Gasteiger partial charge in [-0.2, -0.15) is 10.5 Å². The second-order valence-corrected chi connectivity index (χ2v) is 4.50. The molecule has 0 aliphatic carbocycles. The summed E-state index contributed by atoms with van der Waals surface area (Å²) in [5, 5.41) is 17.2. The molecule has 0 radical (unpaired) electrons. The highest BCUT2D eigenvalue weighted by molar-refractivity contribution is 5.77. The van der Waals surface area contributed by atoms with Crippen molar-refractivity contribution in [1.82, 2.24) is 4.90 Å². The summed E-state index contributed by atoms with van der Waals surface area (Å²) < 4.78 is 0. The summed E-state index contributed by atoms with van der Waals surface area (Å²) >= 11 is 0. The Kier molecular flexibility index (Phi) is 5.57. The summed E-state index contributed by atoms with van der Waals surface area (Å²) in [6.45, 7) is 4.00. The van der Waals surface area contributed by atoms with Gasteiger partial charge in [0.15, 0.2) is 0 Å². The fourth-order valence-electron chi connectivity index (χ4n) is 1.93. The van der Waals surface area contributed by atoms with Crippen LogP contribution < -0.4 is 0 Å². The molecule has 98 valence electrons. The van der Waals surface area contributed by atoms with Crippen molar-refractivity contribution in [2.45, 2.75) is 26.7 Å². The van der Waals surface area contributed by atoms with Crippen LogP contribution >= 0.6 is 0 Å². The third-order valence-electron chi connectivity index (χ3n) is 2.98. The molecule has 4 heteroatoms. The lowest BCUT2D eigenvalue weighted by molar-refractivity contribution is -0.130. The Morgan fingerprint density at radius 1 is 1.21 bits per heavy atom. The average molecular weight is 255 g/mol. The predicted molar refractivity (Wildman–Crippen MR) is 72.0 cm³/mol. The quantitative estimate of drug-likeness (QED) is 0.757. The second-order valence-electron chi connectivity index (χ2n) is 4.50. The summed E-state index contributed by atoms with van der Waals surface area (Å²) in [5.41, 5.74) is 3.50. The van der Waals surface area contributed by atoms with Crippen LogP contribution in [0.1, 0.15) is 23.1 Å². The number of nitrogens with zero attached hydrogens (tertiary/aromatic N) is 3. The highest BCUT2D eigenvalue weighted by Gasteiger charge is 2.13. The molecule has 1 aromatic rings. The Morgan fingerprint density at radius 2 is 1.84 bits per heavy atom. The standard InChI is InChI=1S/C15H17N3O/c1-12-3-4-14(13(2)11-12)5-6-15(19)18(9-7-16)10-8-17/h3-4,11H,5-6,9-10H2,1-2H3. The van der Waals surface area contributed by atoms with Gasteiger partial charge in [-0.3, -0.25) is 4.79 Å². The molecule has 1 aromatic carbocycles. The first kappa shape index (κ1) is 14.7. The molecule has 0 atom stereocenters. The van der Waals surface area contributed by atoms with Crippen molar-refractivity contribution in [2.75, 3.05) is 13.1 Å². The Hall–Kier alpha value is -2.33. The van der Waals surface area contributed by atoms with Crippen LogP contribution in [0.5, 0.6) is 0 Å². The topological polar surface area (TPSA) is 67.9 Å². The van der Waals surface area contributed by atoms with E-state index in [1.165, 1.54) is 16.0 Å². The molecule has 0 spiro atoms. The number of hydrogen-bond donors (Lipinski definition) is 0. The first-order valence-electron chi connectivity index (χ1n) is 6.16. The highest BCUT2D eigenvalue weighted by atomic mass is 16.2. The molecule has 0 unspecified atom stereocenters. The van der Waals surface area contributed by atoms with Crippen molar-refractivity contribution >= 4 is 5.91 Å². The van der Waals surface area contributed by atoms with Gasteiger partial charge in [-0.25, -0.2) is 0 Å². The van der Waals surface area contributed by atoms with Gasteiger partial charge in [-0.05, 0) is 31.4 Å². The molecule has 0 aromatic heterocycles. The molecule has 0 fully saturated rings. The van der Waals surface area contributed by atoms with E-state index >= 15 is 0 Å². The van der Waals surface area contributed by atoms with Crippen molar-refractivity contribution < 1.29 is 4.79 Å². The van der Waals surface area contributed by atoms with Crippen LogP contribution in [0.2, 0.25) is 0 Å². The third kappa shape index (κ3) is 4.44. The zero-order valence-corrected chi connectivity index (χ0v) is 11.3. The Morgan fingerprint density at radius 3 is 2.37 bits per heavy atom. The number of amides is 1. The van der Waals surface area contributed by atoms with Crippen molar-refractivity contribution in [3.8, 4) is 12.1 Å². The van der Waals surface area contributed by atoms with Crippen LogP contribution in [-0.2, 0) is 11.2 Å². The van der Waals surface area contributed by atoms with Gasteiger partial charge in [0.05, 0.1) is 12.1 Å². The van der Waals surface area contributed by atoms with Gasteiger partial charge in [0.1, 0.15) is 13.1 Å². The van der Waals surface area contributed by atoms with Crippen LogP contribution in [0.4, 0.5) is 0 Å². The first-order valence-corrected chi connectivity index (χ1v) is 6.16. The summed E-state index contributed by atoms with van der Waals surface area (Å²) in [6.07, 6.45) is 0.964. The van der Waals surface area contributed by atoms with E-state index in [0.29, 0.717) is 12.8 Å². The second kappa shape index (κ2) is 7.18. The molecule has 19 heavy (non-hydrogen) atoms. The summed E-state index contributed by atoms with van der Waals surface area (Å²) in [7, 11) is 0. The maximum absolute atomic E-state index is 11.9. The zero-order chi connectivity index (χ0) is 14.3. The lowest BCUT2D eigenvalue weighted by Gasteiger charge is -2.16. The normalized spacial score (nSPS) is 9.47. The maximum Gasteiger partial charge on any atom is 0.224 e. The molecule has 0 saturated carbocycles. The number of hydrogen-bond acceptors (Lipinski definition) is 3. The van der Waals surface area contributed by atoms with Gasteiger partial charge in [-0.1, -0.05) is 23.8 Å². The van der Waals surface area contributed by atoms with Gasteiger partial charge >= 0.3 is 0 Å².